The maximum atomic E-state index is 13.7. The highest BCUT2D eigenvalue weighted by atomic mass is 16.4. The number of carbonyl (C=O) groups excluding carboxylic acids is 5. The van der Waals surface area contributed by atoms with Gasteiger partial charge in [-0.1, -0.05) is 72.8 Å². The number of hydrogen-bond donors (Lipinski definition) is 6. The second-order valence-corrected chi connectivity index (χ2v) is 11.7. The fourth-order valence-corrected chi connectivity index (χ4v) is 5.49. The van der Waals surface area contributed by atoms with Crippen LogP contribution in [-0.2, 0) is 48.0 Å². The second kappa shape index (κ2) is 18.6. The molecule has 49 heavy (non-hydrogen) atoms. The molecule has 1 aliphatic rings. The molecule has 5 amide bonds. The van der Waals surface area contributed by atoms with Gasteiger partial charge in [-0.15, -0.1) is 0 Å². The zero-order chi connectivity index (χ0) is 35.9. The molecule has 1 fully saturated rings. The number of benzene rings is 3. The number of likely N-dealkylation sites (tertiary alicyclic amines) is 1. The van der Waals surface area contributed by atoms with Gasteiger partial charge in [0.15, 0.2) is 0 Å². The Labute approximate surface area is 284 Å². The Morgan fingerprint density at radius 2 is 1.22 bits per heavy atom. The predicted molar refractivity (Wildman–Crippen MR) is 181 cm³/mol. The van der Waals surface area contributed by atoms with E-state index in [4.69, 9.17) is 15.6 Å². The van der Waals surface area contributed by atoms with Crippen molar-refractivity contribution >= 4 is 35.5 Å². The van der Waals surface area contributed by atoms with Crippen molar-refractivity contribution in [2.45, 2.75) is 70.1 Å². The maximum absolute atomic E-state index is 13.7. The van der Waals surface area contributed by atoms with E-state index in [-0.39, 0.29) is 25.0 Å². The van der Waals surface area contributed by atoms with Crippen molar-refractivity contribution < 1.29 is 39.0 Å². The van der Waals surface area contributed by atoms with Gasteiger partial charge in [0, 0.05) is 39.7 Å². The van der Waals surface area contributed by atoms with E-state index < -0.39 is 59.7 Å². The van der Waals surface area contributed by atoms with Gasteiger partial charge in [-0.25, -0.2) is 0 Å². The molecule has 1 saturated heterocycles. The smallest absolute Gasteiger partial charge is 0.300 e. The molecular weight excluding hydrogens is 630 g/mol. The molecule has 1 heterocycles. The molecule has 13 heteroatoms. The van der Waals surface area contributed by atoms with Gasteiger partial charge < -0.3 is 36.8 Å². The molecule has 4 rings (SSSR count). The number of carboxylic acids is 1. The van der Waals surface area contributed by atoms with Crippen LogP contribution >= 0.6 is 0 Å². The van der Waals surface area contributed by atoms with E-state index >= 15 is 0 Å². The zero-order valence-electron chi connectivity index (χ0n) is 27.5. The minimum Gasteiger partial charge on any atom is -0.508 e. The number of aliphatic carboxylic acids is 1. The minimum atomic E-state index is -1.06. The lowest BCUT2D eigenvalue weighted by Gasteiger charge is -2.30. The number of hydrogen-bond acceptors (Lipinski definition) is 7. The summed E-state index contributed by atoms with van der Waals surface area (Å²) in [4.78, 5) is 75.8. The van der Waals surface area contributed by atoms with Gasteiger partial charge in [-0.3, -0.25) is 28.8 Å². The Hall–Kier alpha value is -5.72. The van der Waals surface area contributed by atoms with Crippen LogP contribution in [-0.4, -0.2) is 81.3 Å². The lowest BCUT2D eigenvalue weighted by Crippen LogP contribution is -2.58. The molecule has 0 spiro atoms. The number of rotatable bonds is 13. The summed E-state index contributed by atoms with van der Waals surface area (Å²) in [7, 11) is 0. The molecule has 0 aromatic heterocycles. The SMILES string of the molecule is CC(=O)N[C@@H](Cc1ccc(O)cc1)C(=O)N1CCC[C@H]1C(=O)N[C@@H](Cc1ccccc1)C(=O)N[C@@H](Cc1ccccc1)C(N)=O.CC(=O)O. The number of nitrogens with zero attached hydrogens (tertiary/aromatic N) is 1. The van der Waals surface area contributed by atoms with Gasteiger partial charge in [0.05, 0.1) is 0 Å². The molecule has 1 aliphatic heterocycles. The molecule has 4 atom stereocenters. The molecule has 0 unspecified atom stereocenters. The van der Waals surface area contributed by atoms with Gasteiger partial charge in [0.25, 0.3) is 5.97 Å². The second-order valence-electron chi connectivity index (χ2n) is 11.7. The van der Waals surface area contributed by atoms with Crippen LogP contribution in [0.25, 0.3) is 0 Å². The third-order valence-corrected chi connectivity index (χ3v) is 7.75. The van der Waals surface area contributed by atoms with Crippen molar-refractivity contribution in [1.82, 2.24) is 20.9 Å². The summed E-state index contributed by atoms with van der Waals surface area (Å²) in [5.41, 5.74) is 7.96. The molecular formula is C36H43N5O8. The topological polar surface area (TPSA) is 208 Å². The van der Waals surface area contributed by atoms with Crippen LogP contribution in [0.5, 0.6) is 5.75 Å². The number of carbonyl (C=O) groups is 6. The van der Waals surface area contributed by atoms with Crippen molar-refractivity contribution in [2.75, 3.05) is 6.54 Å². The monoisotopic (exact) mass is 673 g/mol. The van der Waals surface area contributed by atoms with Crippen molar-refractivity contribution in [1.29, 1.82) is 0 Å². The van der Waals surface area contributed by atoms with E-state index in [0.29, 0.717) is 19.4 Å². The Morgan fingerprint density at radius 3 is 1.73 bits per heavy atom. The summed E-state index contributed by atoms with van der Waals surface area (Å²) in [6.07, 6.45) is 1.43. The third-order valence-electron chi connectivity index (χ3n) is 7.75. The molecule has 0 bridgehead atoms. The number of nitrogens with one attached hydrogen (secondary N) is 3. The Morgan fingerprint density at radius 1 is 0.735 bits per heavy atom. The quantitative estimate of drug-likeness (QED) is 0.156. The average molecular weight is 674 g/mol. The number of phenols is 1. The molecule has 0 aliphatic carbocycles. The van der Waals surface area contributed by atoms with Crippen LogP contribution in [0.3, 0.4) is 0 Å². The summed E-state index contributed by atoms with van der Waals surface area (Å²) in [5, 5.41) is 25.3. The van der Waals surface area contributed by atoms with Crippen molar-refractivity contribution in [2.24, 2.45) is 5.73 Å². The van der Waals surface area contributed by atoms with E-state index in [0.717, 1.165) is 23.6 Å². The van der Waals surface area contributed by atoms with Crippen molar-refractivity contribution in [3.05, 3.63) is 102 Å². The number of nitrogens with two attached hydrogens (primary N) is 1. The fraction of sp³-hybridized carbons (Fsp3) is 0.333. The van der Waals surface area contributed by atoms with E-state index in [9.17, 15) is 29.1 Å². The minimum absolute atomic E-state index is 0.0775. The van der Waals surface area contributed by atoms with E-state index in [1.807, 2.05) is 60.7 Å². The van der Waals surface area contributed by atoms with Gasteiger partial charge in [0.2, 0.25) is 29.5 Å². The number of phenolic OH excluding ortho intramolecular Hbond substituents is 1. The van der Waals surface area contributed by atoms with Gasteiger partial charge >= 0.3 is 0 Å². The molecule has 0 radical (unpaired) electrons. The molecule has 0 saturated carbocycles. The van der Waals surface area contributed by atoms with E-state index in [1.165, 1.54) is 24.0 Å². The largest absolute Gasteiger partial charge is 0.508 e. The highest BCUT2D eigenvalue weighted by Gasteiger charge is 2.39. The summed E-state index contributed by atoms with van der Waals surface area (Å²) < 4.78 is 0. The van der Waals surface area contributed by atoms with Crippen LogP contribution in [0.1, 0.15) is 43.4 Å². The molecule has 3 aromatic rings. The van der Waals surface area contributed by atoms with Crippen LogP contribution in [0, 0.1) is 0 Å². The Bertz CT molecular complexity index is 1580. The number of amides is 5. The van der Waals surface area contributed by atoms with E-state index in [2.05, 4.69) is 16.0 Å². The van der Waals surface area contributed by atoms with Crippen LogP contribution in [0.2, 0.25) is 0 Å². The summed E-state index contributed by atoms with van der Waals surface area (Å²) >= 11 is 0. The zero-order valence-corrected chi connectivity index (χ0v) is 27.5. The first kappa shape index (κ1) is 37.7. The number of aromatic hydroxyl groups is 1. The molecule has 13 nitrogen and oxygen atoms in total. The standard InChI is InChI=1S/C34H39N5O6.C2H4O2/c1-22(40)36-29(21-25-14-16-26(41)17-15-25)34(45)39-18-8-13-30(39)33(44)38-28(20-24-11-6-3-7-12-24)32(43)37-27(31(35)42)19-23-9-4-2-5-10-23;1-2(3)4/h2-7,9-12,14-17,27-30,41H,8,13,18-21H2,1H3,(H2,35,42)(H,36,40)(H,37,43)(H,38,44);1H3,(H,3,4)/t27-,28-,29-,30-;/m0./s1. The average Bonchev–Trinajstić information content (AvgIpc) is 3.55. The van der Waals surface area contributed by atoms with Gasteiger partial charge in [-0.05, 0) is 41.7 Å². The normalized spacial score (nSPS) is 15.4. The summed E-state index contributed by atoms with van der Waals surface area (Å²) in [6.45, 7) is 2.70. The molecule has 260 valence electrons. The number of primary amides is 1. The lowest BCUT2D eigenvalue weighted by atomic mass is 10.0. The van der Waals surface area contributed by atoms with Gasteiger partial charge in [-0.2, -0.15) is 0 Å². The summed E-state index contributed by atoms with van der Waals surface area (Å²) in [6, 6.07) is 20.7. The first-order chi connectivity index (χ1) is 23.3. The highest BCUT2D eigenvalue weighted by molar-refractivity contribution is 5.95. The third kappa shape index (κ3) is 12.4. The molecule has 7 N–H and O–H groups in total. The highest BCUT2D eigenvalue weighted by Crippen LogP contribution is 2.21. The fourth-order valence-electron chi connectivity index (χ4n) is 5.49. The Kier molecular flexibility index (Phi) is 14.3. The van der Waals surface area contributed by atoms with Crippen molar-refractivity contribution in [3.63, 3.8) is 0 Å². The molecule has 3 aromatic carbocycles. The Balaban J connectivity index is 0.00000154. The van der Waals surface area contributed by atoms with Gasteiger partial charge in [0.1, 0.15) is 29.9 Å². The first-order valence-electron chi connectivity index (χ1n) is 15.9. The predicted octanol–water partition coefficient (Wildman–Crippen LogP) is 1.46. The summed E-state index contributed by atoms with van der Waals surface area (Å²) in [5.74, 6) is -3.37. The van der Waals surface area contributed by atoms with Crippen LogP contribution in [0.15, 0.2) is 84.9 Å². The van der Waals surface area contributed by atoms with E-state index in [1.54, 1.807) is 12.1 Å². The maximum Gasteiger partial charge on any atom is 0.300 e. The van der Waals surface area contributed by atoms with Crippen molar-refractivity contribution in [3.8, 4) is 5.75 Å². The first-order valence-corrected chi connectivity index (χ1v) is 15.9. The van der Waals surface area contributed by atoms with Crippen LogP contribution < -0.4 is 21.7 Å². The number of carboxylic acid groups (broad SMARTS) is 1. The van der Waals surface area contributed by atoms with Crippen LogP contribution in [0.4, 0.5) is 0 Å². The lowest BCUT2D eigenvalue weighted by molar-refractivity contribution is -0.142.